The number of allylic oxidation sites excluding steroid dienone is 5. The molecule has 0 saturated heterocycles. The molecule has 0 aromatic carbocycles. The van der Waals surface area contributed by atoms with Crippen LogP contribution in [0.4, 0.5) is 19.0 Å². The van der Waals surface area contributed by atoms with Crippen LogP contribution in [0.1, 0.15) is 70.6 Å². The number of nitrogens with zero attached hydrogens (tertiary/aromatic N) is 3. The Balaban J connectivity index is 2.42. The molecule has 0 aliphatic rings. The third kappa shape index (κ3) is 7.07. The Hall–Kier alpha value is -2.83. The van der Waals surface area contributed by atoms with Gasteiger partial charge in [-0.25, -0.2) is 22.7 Å². The molecule has 2 heterocycles. The molecule has 0 amide bonds. The smallest absolute Gasteiger partial charge is 0.248 e. The second-order valence-electron chi connectivity index (χ2n) is 8.32. The zero-order chi connectivity index (χ0) is 24.6. The highest BCUT2D eigenvalue weighted by Gasteiger charge is 2.27. The van der Waals surface area contributed by atoms with Crippen molar-refractivity contribution in [1.82, 2.24) is 14.6 Å². The minimum absolute atomic E-state index is 0.110. The highest BCUT2D eigenvalue weighted by atomic mass is 19.3. The minimum Gasteiger partial charge on any atom is -0.382 e. The number of fused-ring (bicyclic) bond motifs is 1. The molecule has 0 spiro atoms. The Labute approximate surface area is 194 Å². The topological polar surface area (TPSA) is 56.2 Å². The van der Waals surface area contributed by atoms with Crippen molar-refractivity contribution < 1.29 is 13.2 Å². The average Bonchev–Trinajstić information content (AvgIpc) is 3.12. The first kappa shape index (κ1) is 26.4. The molecule has 0 bridgehead atoms. The van der Waals surface area contributed by atoms with Crippen LogP contribution in [0.3, 0.4) is 0 Å². The van der Waals surface area contributed by atoms with Crippen LogP contribution in [-0.4, -0.2) is 20.5 Å². The molecular weight excluding hydrogens is 425 g/mol. The fraction of sp³-hybridized carbons (Fsp3) is 0.462. The van der Waals surface area contributed by atoms with Gasteiger partial charge in [-0.2, -0.15) is 0 Å². The Kier molecular flexibility index (Phi) is 9.50. The van der Waals surface area contributed by atoms with Gasteiger partial charge in [0, 0.05) is 24.7 Å². The van der Waals surface area contributed by atoms with Gasteiger partial charge in [-0.05, 0) is 49.8 Å². The van der Waals surface area contributed by atoms with Crippen LogP contribution in [0.2, 0.25) is 0 Å². The molecule has 2 N–H and O–H groups in total. The summed E-state index contributed by atoms with van der Waals surface area (Å²) in [6.45, 7) is 13.0. The predicted octanol–water partition coefficient (Wildman–Crippen LogP) is 7.48. The van der Waals surface area contributed by atoms with Gasteiger partial charge in [0.2, 0.25) is 5.92 Å². The summed E-state index contributed by atoms with van der Waals surface area (Å²) in [7, 11) is 0. The van der Waals surface area contributed by atoms with E-state index < -0.39 is 11.7 Å². The van der Waals surface area contributed by atoms with E-state index in [0.29, 0.717) is 34.6 Å². The van der Waals surface area contributed by atoms with E-state index in [-0.39, 0.29) is 25.2 Å². The number of nitrogens with two attached hydrogens (primary N) is 1. The molecule has 2 aromatic heterocycles. The fourth-order valence-electron chi connectivity index (χ4n) is 3.78. The van der Waals surface area contributed by atoms with Crippen LogP contribution >= 0.6 is 0 Å². The van der Waals surface area contributed by atoms with E-state index in [1.165, 1.54) is 19.1 Å². The lowest BCUT2D eigenvalue weighted by atomic mass is 9.83. The van der Waals surface area contributed by atoms with Gasteiger partial charge >= 0.3 is 0 Å². The number of nitrogen functional groups attached to an aromatic ring is 1. The molecule has 2 aromatic rings. The number of anilines is 1. The van der Waals surface area contributed by atoms with Crippen LogP contribution in [0.15, 0.2) is 54.5 Å². The largest absolute Gasteiger partial charge is 0.382 e. The molecule has 0 saturated carbocycles. The number of aromatic nitrogens is 3. The summed E-state index contributed by atoms with van der Waals surface area (Å²) in [6, 6.07) is 1.85. The zero-order valence-corrected chi connectivity index (χ0v) is 19.9. The predicted molar refractivity (Wildman–Crippen MR) is 131 cm³/mol. The minimum atomic E-state index is -2.76. The lowest BCUT2D eigenvalue weighted by Crippen LogP contribution is -2.16. The van der Waals surface area contributed by atoms with Gasteiger partial charge in [-0.3, -0.25) is 0 Å². The summed E-state index contributed by atoms with van der Waals surface area (Å²) in [5.74, 6) is -2.93. The zero-order valence-electron chi connectivity index (χ0n) is 19.9. The van der Waals surface area contributed by atoms with Gasteiger partial charge in [-0.1, -0.05) is 57.6 Å². The summed E-state index contributed by atoms with van der Waals surface area (Å²) < 4.78 is 43.7. The molecule has 1 atom stereocenters. The van der Waals surface area contributed by atoms with Gasteiger partial charge in [0.1, 0.15) is 5.83 Å². The van der Waals surface area contributed by atoms with Crippen molar-refractivity contribution in [2.24, 2.45) is 5.92 Å². The van der Waals surface area contributed by atoms with Crippen molar-refractivity contribution in [1.29, 1.82) is 0 Å². The maximum atomic E-state index is 14.4. The molecular formula is C26H35F3N4. The Morgan fingerprint density at radius 3 is 2.67 bits per heavy atom. The molecule has 2 rings (SSSR count). The second-order valence-corrected chi connectivity index (χ2v) is 8.32. The monoisotopic (exact) mass is 460 g/mol. The molecule has 7 heteroatoms. The SMILES string of the molecule is C=Cc1c(N)nn2ccc(CC(CCCC)/C(=C/C(F)=C\C)C(=C)CCC(F)(F)CC)nc12. The van der Waals surface area contributed by atoms with Crippen LogP contribution in [0.5, 0.6) is 0 Å². The van der Waals surface area contributed by atoms with Crippen molar-refractivity contribution in [3.05, 3.63) is 65.8 Å². The summed E-state index contributed by atoms with van der Waals surface area (Å²) in [6.07, 6.45) is 8.94. The number of rotatable bonds is 13. The lowest BCUT2D eigenvalue weighted by molar-refractivity contribution is -0.0109. The number of halogens is 3. The van der Waals surface area contributed by atoms with Crippen molar-refractivity contribution in [3.8, 4) is 0 Å². The van der Waals surface area contributed by atoms with Gasteiger partial charge in [0.25, 0.3) is 0 Å². The first-order valence-corrected chi connectivity index (χ1v) is 11.5. The first-order valence-electron chi connectivity index (χ1n) is 11.5. The summed E-state index contributed by atoms with van der Waals surface area (Å²) in [5, 5.41) is 4.23. The molecule has 1 unspecified atom stereocenters. The van der Waals surface area contributed by atoms with Crippen molar-refractivity contribution in [3.63, 3.8) is 0 Å². The lowest BCUT2D eigenvalue weighted by Gasteiger charge is -2.24. The fourth-order valence-corrected chi connectivity index (χ4v) is 3.78. The van der Waals surface area contributed by atoms with Crippen LogP contribution in [0.25, 0.3) is 11.7 Å². The Bertz CT molecular complexity index is 1030. The van der Waals surface area contributed by atoms with Crippen LogP contribution in [0, 0.1) is 5.92 Å². The van der Waals surface area contributed by atoms with E-state index >= 15 is 0 Å². The van der Waals surface area contributed by atoms with Gasteiger partial charge < -0.3 is 5.73 Å². The number of hydrogen-bond acceptors (Lipinski definition) is 3. The van der Waals surface area contributed by atoms with Crippen LogP contribution < -0.4 is 5.73 Å². The third-order valence-corrected chi connectivity index (χ3v) is 5.90. The normalized spacial score (nSPS) is 14.0. The summed E-state index contributed by atoms with van der Waals surface area (Å²) in [4.78, 5) is 4.72. The standard InChI is InChI=1S/C26H35F3N4/c1-6-10-11-19(16-21-13-15-33-25(31-21)22(8-3)24(30)32-33)23(17-20(27)7-2)18(5)12-14-26(28,29)9-4/h7-8,13,15,17,19H,3,5-6,9-12,14,16H2,1-2,4H3,(H2,30,32)/b20-7+,23-17+. The van der Waals surface area contributed by atoms with E-state index in [9.17, 15) is 13.2 Å². The molecule has 0 aliphatic heterocycles. The first-order chi connectivity index (χ1) is 15.6. The second kappa shape index (κ2) is 11.9. The molecule has 180 valence electrons. The molecule has 0 radical (unpaired) electrons. The number of unbranched alkanes of at least 4 members (excludes halogenated alkanes) is 1. The van der Waals surface area contributed by atoms with E-state index in [1.807, 2.05) is 6.07 Å². The van der Waals surface area contributed by atoms with E-state index in [2.05, 4.69) is 25.2 Å². The highest BCUT2D eigenvalue weighted by molar-refractivity contribution is 5.73. The molecule has 4 nitrogen and oxygen atoms in total. The quantitative estimate of drug-likeness (QED) is 0.315. The third-order valence-electron chi connectivity index (χ3n) is 5.90. The number of hydrogen-bond donors (Lipinski definition) is 1. The summed E-state index contributed by atoms with van der Waals surface area (Å²) >= 11 is 0. The van der Waals surface area contributed by atoms with E-state index in [0.717, 1.165) is 25.0 Å². The van der Waals surface area contributed by atoms with Crippen molar-refractivity contribution >= 4 is 17.5 Å². The Morgan fingerprint density at radius 1 is 1.33 bits per heavy atom. The maximum Gasteiger partial charge on any atom is 0.248 e. The van der Waals surface area contributed by atoms with E-state index in [4.69, 9.17) is 10.7 Å². The highest BCUT2D eigenvalue weighted by Crippen LogP contribution is 2.34. The molecule has 0 fully saturated rings. The average molecular weight is 461 g/mol. The molecule has 33 heavy (non-hydrogen) atoms. The molecule has 0 aliphatic carbocycles. The van der Waals surface area contributed by atoms with Crippen molar-refractivity contribution in [2.45, 2.75) is 71.6 Å². The van der Waals surface area contributed by atoms with Crippen molar-refractivity contribution in [2.75, 3.05) is 5.73 Å². The Morgan fingerprint density at radius 2 is 2.06 bits per heavy atom. The van der Waals surface area contributed by atoms with Gasteiger partial charge in [0.05, 0.1) is 5.56 Å². The van der Waals surface area contributed by atoms with E-state index in [1.54, 1.807) is 23.7 Å². The van der Waals surface area contributed by atoms with Gasteiger partial charge in [0.15, 0.2) is 11.5 Å². The maximum absolute atomic E-state index is 14.4. The van der Waals surface area contributed by atoms with Gasteiger partial charge in [-0.15, -0.1) is 5.10 Å². The number of alkyl halides is 2. The van der Waals surface area contributed by atoms with Crippen LogP contribution in [-0.2, 0) is 6.42 Å². The summed E-state index contributed by atoms with van der Waals surface area (Å²) in [5.41, 5.74) is 9.20.